The molecule has 0 spiro atoms. The molecule has 0 radical (unpaired) electrons. The highest BCUT2D eigenvalue weighted by Crippen LogP contribution is 2.10. The average molecular weight is 369 g/mol. The Bertz CT molecular complexity index is 816. The number of carbonyl (C=O) groups excluding carboxylic acids is 2. The van der Waals surface area contributed by atoms with E-state index in [1.54, 1.807) is 36.4 Å². The first-order valence-corrected chi connectivity index (χ1v) is 8.63. The van der Waals surface area contributed by atoms with Crippen molar-refractivity contribution in [3.8, 4) is 0 Å². The Balaban J connectivity index is 1.84. The van der Waals surface area contributed by atoms with Gasteiger partial charge in [-0.15, -0.1) is 0 Å². The third-order valence-electron chi connectivity index (χ3n) is 3.70. The van der Waals surface area contributed by atoms with Crippen molar-refractivity contribution >= 4 is 23.6 Å². The Hall–Kier alpha value is -3.35. The number of hydrogen-bond donors (Lipinski definition) is 4. The predicted octanol–water partition coefficient (Wildman–Crippen LogP) is 2.89. The van der Waals surface area contributed by atoms with E-state index in [9.17, 15) is 14.4 Å². The van der Waals surface area contributed by atoms with E-state index in [-0.39, 0.29) is 23.5 Å². The number of aromatic carboxylic acids is 1. The summed E-state index contributed by atoms with van der Waals surface area (Å²) in [6.07, 6.45) is 0.530. The summed E-state index contributed by atoms with van der Waals surface area (Å²) in [7, 11) is 0. The van der Waals surface area contributed by atoms with Crippen LogP contribution in [0.25, 0.3) is 0 Å². The molecule has 7 nitrogen and oxygen atoms in total. The molecule has 0 saturated heterocycles. The second kappa shape index (κ2) is 9.38. The van der Waals surface area contributed by atoms with E-state index in [0.29, 0.717) is 24.2 Å². The summed E-state index contributed by atoms with van der Waals surface area (Å²) in [6.45, 7) is 4.12. The molecule has 0 aliphatic heterocycles. The molecule has 0 fully saturated rings. The number of urea groups is 1. The summed E-state index contributed by atoms with van der Waals surface area (Å²) < 4.78 is 0. The molecule has 4 N–H and O–H groups in total. The Kier molecular flexibility index (Phi) is 6.93. The van der Waals surface area contributed by atoms with E-state index in [0.717, 1.165) is 5.56 Å². The molecule has 0 bridgehead atoms. The van der Waals surface area contributed by atoms with Gasteiger partial charge >= 0.3 is 12.0 Å². The van der Waals surface area contributed by atoms with Crippen molar-refractivity contribution in [1.29, 1.82) is 0 Å². The second-order valence-corrected chi connectivity index (χ2v) is 6.34. The lowest BCUT2D eigenvalue weighted by Crippen LogP contribution is -2.34. The van der Waals surface area contributed by atoms with Gasteiger partial charge in [0.15, 0.2) is 0 Å². The highest BCUT2D eigenvalue weighted by molar-refractivity contribution is 5.95. The van der Waals surface area contributed by atoms with Crippen molar-refractivity contribution in [1.82, 2.24) is 10.6 Å². The fraction of sp³-hybridized carbons (Fsp3) is 0.250. The summed E-state index contributed by atoms with van der Waals surface area (Å²) in [4.78, 5) is 34.8. The van der Waals surface area contributed by atoms with Crippen molar-refractivity contribution in [2.75, 3.05) is 11.9 Å². The third-order valence-corrected chi connectivity index (χ3v) is 3.70. The number of anilines is 1. The van der Waals surface area contributed by atoms with Gasteiger partial charge in [0, 0.05) is 23.8 Å². The molecule has 2 aromatic rings. The summed E-state index contributed by atoms with van der Waals surface area (Å²) in [5.74, 6) is -1.21. The largest absolute Gasteiger partial charge is 0.478 e. The quantitative estimate of drug-likeness (QED) is 0.602. The van der Waals surface area contributed by atoms with Gasteiger partial charge in [-0.05, 0) is 62.2 Å². The first-order chi connectivity index (χ1) is 12.8. The average Bonchev–Trinajstić information content (AvgIpc) is 2.61. The monoisotopic (exact) mass is 369 g/mol. The molecule has 3 amide bonds. The van der Waals surface area contributed by atoms with Gasteiger partial charge < -0.3 is 21.1 Å². The molecular formula is C20H23N3O4. The summed E-state index contributed by atoms with van der Waals surface area (Å²) >= 11 is 0. The van der Waals surface area contributed by atoms with E-state index in [2.05, 4.69) is 16.0 Å². The van der Waals surface area contributed by atoms with E-state index < -0.39 is 5.97 Å². The Morgan fingerprint density at radius 3 is 2.33 bits per heavy atom. The maximum absolute atomic E-state index is 12.2. The van der Waals surface area contributed by atoms with Crippen LogP contribution in [0.3, 0.4) is 0 Å². The SMILES string of the molecule is CC(C)NC(=O)Nc1ccc(C(=O)NCCc2cccc(C(=O)O)c2)cc1. The number of hydrogen-bond acceptors (Lipinski definition) is 3. The lowest BCUT2D eigenvalue weighted by Gasteiger charge is -2.10. The molecule has 0 unspecified atom stereocenters. The van der Waals surface area contributed by atoms with E-state index in [4.69, 9.17) is 5.11 Å². The number of nitrogens with one attached hydrogen (secondary N) is 3. The Morgan fingerprint density at radius 1 is 1.00 bits per heavy atom. The zero-order chi connectivity index (χ0) is 19.8. The van der Waals surface area contributed by atoms with Crippen LogP contribution in [-0.2, 0) is 6.42 Å². The molecule has 0 aliphatic carbocycles. The number of carboxylic acids is 1. The third kappa shape index (κ3) is 6.47. The van der Waals surface area contributed by atoms with Crippen molar-refractivity contribution in [2.24, 2.45) is 0 Å². The van der Waals surface area contributed by atoms with E-state index in [1.807, 2.05) is 19.9 Å². The molecule has 2 aromatic carbocycles. The summed E-state index contributed by atoms with van der Waals surface area (Å²) in [5.41, 5.74) is 2.13. The standard InChI is InChI=1S/C20H23N3O4/c1-13(2)22-20(27)23-17-8-6-15(7-9-17)18(24)21-11-10-14-4-3-5-16(12-14)19(25)26/h3-9,12-13H,10-11H2,1-2H3,(H,21,24)(H,25,26)(H2,22,23,27). The number of carbonyl (C=O) groups is 3. The van der Waals surface area contributed by atoms with Gasteiger partial charge in [0.05, 0.1) is 5.56 Å². The highest BCUT2D eigenvalue weighted by atomic mass is 16.4. The Morgan fingerprint density at radius 2 is 1.70 bits per heavy atom. The fourth-order valence-electron chi connectivity index (χ4n) is 2.42. The normalized spacial score (nSPS) is 10.3. The zero-order valence-corrected chi connectivity index (χ0v) is 15.3. The van der Waals surface area contributed by atoms with Gasteiger partial charge in [-0.2, -0.15) is 0 Å². The first kappa shape index (κ1) is 20.0. The summed E-state index contributed by atoms with van der Waals surface area (Å²) in [5, 5.41) is 17.2. The zero-order valence-electron chi connectivity index (χ0n) is 15.3. The number of rotatable bonds is 7. The van der Waals surface area contributed by atoms with Gasteiger partial charge in [-0.3, -0.25) is 4.79 Å². The second-order valence-electron chi connectivity index (χ2n) is 6.34. The van der Waals surface area contributed by atoms with Crippen LogP contribution >= 0.6 is 0 Å². The van der Waals surface area contributed by atoms with Gasteiger partial charge in [0.2, 0.25) is 0 Å². The van der Waals surface area contributed by atoms with Crippen LogP contribution in [0.15, 0.2) is 48.5 Å². The minimum absolute atomic E-state index is 0.0336. The van der Waals surface area contributed by atoms with Crippen LogP contribution in [0, 0.1) is 0 Å². The predicted molar refractivity (Wildman–Crippen MR) is 103 cm³/mol. The molecule has 27 heavy (non-hydrogen) atoms. The molecule has 2 rings (SSSR count). The van der Waals surface area contributed by atoms with Crippen molar-refractivity contribution < 1.29 is 19.5 Å². The first-order valence-electron chi connectivity index (χ1n) is 8.63. The molecule has 142 valence electrons. The minimum atomic E-state index is -0.975. The smallest absolute Gasteiger partial charge is 0.335 e. The number of amides is 3. The van der Waals surface area contributed by atoms with Gasteiger partial charge in [0.1, 0.15) is 0 Å². The number of carboxylic acid groups (broad SMARTS) is 1. The number of benzene rings is 2. The van der Waals surface area contributed by atoms with Crippen molar-refractivity contribution in [3.63, 3.8) is 0 Å². The van der Waals surface area contributed by atoms with Crippen molar-refractivity contribution in [2.45, 2.75) is 26.3 Å². The topological polar surface area (TPSA) is 108 Å². The van der Waals surface area contributed by atoms with Crippen LogP contribution < -0.4 is 16.0 Å². The van der Waals surface area contributed by atoms with Crippen LogP contribution in [0.5, 0.6) is 0 Å². The maximum atomic E-state index is 12.2. The van der Waals surface area contributed by atoms with Crippen LogP contribution in [0.4, 0.5) is 10.5 Å². The molecule has 0 aromatic heterocycles. The lowest BCUT2D eigenvalue weighted by molar-refractivity contribution is 0.0696. The summed E-state index contributed by atoms with van der Waals surface area (Å²) in [6, 6.07) is 12.9. The van der Waals surface area contributed by atoms with Gasteiger partial charge in [-0.1, -0.05) is 12.1 Å². The van der Waals surface area contributed by atoms with Crippen LogP contribution in [-0.4, -0.2) is 35.6 Å². The molecule has 0 heterocycles. The molecular weight excluding hydrogens is 346 g/mol. The fourth-order valence-corrected chi connectivity index (χ4v) is 2.42. The van der Waals surface area contributed by atoms with Crippen LogP contribution in [0.2, 0.25) is 0 Å². The van der Waals surface area contributed by atoms with Gasteiger partial charge in [-0.25, -0.2) is 9.59 Å². The van der Waals surface area contributed by atoms with E-state index in [1.165, 1.54) is 6.07 Å². The molecule has 0 saturated carbocycles. The lowest BCUT2D eigenvalue weighted by atomic mass is 10.1. The molecule has 0 aliphatic rings. The molecule has 0 atom stereocenters. The van der Waals surface area contributed by atoms with E-state index >= 15 is 0 Å². The maximum Gasteiger partial charge on any atom is 0.335 e. The van der Waals surface area contributed by atoms with Crippen LogP contribution in [0.1, 0.15) is 40.1 Å². The Labute approximate surface area is 157 Å². The highest BCUT2D eigenvalue weighted by Gasteiger charge is 2.08. The van der Waals surface area contributed by atoms with Crippen molar-refractivity contribution in [3.05, 3.63) is 65.2 Å². The molecule has 7 heteroatoms. The minimum Gasteiger partial charge on any atom is -0.478 e. The van der Waals surface area contributed by atoms with Gasteiger partial charge in [0.25, 0.3) is 5.91 Å².